The van der Waals surface area contributed by atoms with E-state index in [4.69, 9.17) is 5.26 Å². The van der Waals surface area contributed by atoms with Crippen molar-refractivity contribution in [2.24, 2.45) is 0 Å². The molecule has 0 radical (unpaired) electrons. The lowest BCUT2D eigenvalue weighted by molar-refractivity contribution is 0.308. The SMILES string of the molecule is CCC(C#N)S(=O)(=O)N1CCNC(C)C1. The summed E-state index contributed by atoms with van der Waals surface area (Å²) in [5, 5.41) is 11.1. The minimum Gasteiger partial charge on any atom is -0.312 e. The molecule has 0 bridgehead atoms. The Kier molecular flexibility index (Phi) is 4.08. The molecule has 6 heteroatoms. The molecule has 0 aromatic carbocycles. The minimum atomic E-state index is -3.42. The van der Waals surface area contributed by atoms with Crippen LogP contribution in [0.2, 0.25) is 0 Å². The monoisotopic (exact) mass is 231 g/mol. The van der Waals surface area contributed by atoms with Crippen molar-refractivity contribution in [3.63, 3.8) is 0 Å². The van der Waals surface area contributed by atoms with Crippen LogP contribution < -0.4 is 5.32 Å². The summed E-state index contributed by atoms with van der Waals surface area (Å²) >= 11 is 0. The van der Waals surface area contributed by atoms with Gasteiger partial charge in [-0.1, -0.05) is 6.92 Å². The second-order valence-electron chi connectivity index (χ2n) is 3.78. The molecule has 86 valence electrons. The number of nitrogens with one attached hydrogen (secondary N) is 1. The summed E-state index contributed by atoms with van der Waals surface area (Å²) in [7, 11) is -3.42. The van der Waals surface area contributed by atoms with Crippen LogP contribution in [0.5, 0.6) is 0 Å². The van der Waals surface area contributed by atoms with E-state index < -0.39 is 15.3 Å². The van der Waals surface area contributed by atoms with Crippen molar-refractivity contribution in [2.75, 3.05) is 19.6 Å². The molecule has 5 nitrogen and oxygen atoms in total. The smallest absolute Gasteiger partial charge is 0.230 e. The maximum Gasteiger partial charge on any atom is 0.230 e. The fourth-order valence-electron chi connectivity index (χ4n) is 1.68. The summed E-state index contributed by atoms with van der Waals surface area (Å²) in [6.45, 7) is 5.24. The lowest BCUT2D eigenvalue weighted by atomic mass is 10.3. The Balaban J connectivity index is 2.81. The third kappa shape index (κ3) is 2.68. The normalized spacial score (nSPS) is 25.8. The van der Waals surface area contributed by atoms with E-state index in [0.717, 1.165) is 0 Å². The molecule has 1 saturated heterocycles. The van der Waals surface area contributed by atoms with Crippen LogP contribution in [-0.4, -0.2) is 43.6 Å². The highest BCUT2D eigenvalue weighted by atomic mass is 32.2. The quantitative estimate of drug-likeness (QED) is 0.737. The molecule has 1 N–H and O–H groups in total. The third-order valence-corrected chi connectivity index (χ3v) is 4.77. The van der Waals surface area contributed by atoms with Gasteiger partial charge in [-0.15, -0.1) is 0 Å². The molecule has 1 aliphatic heterocycles. The number of nitriles is 1. The standard InChI is InChI=1S/C9H17N3O2S/c1-3-9(6-10)15(13,14)12-5-4-11-8(2)7-12/h8-9,11H,3-5,7H2,1-2H3. The van der Waals surface area contributed by atoms with E-state index in [0.29, 0.717) is 26.1 Å². The number of rotatable bonds is 3. The van der Waals surface area contributed by atoms with Gasteiger partial charge in [0.25, 0.3) is 0 Å². The maximum atomic E-state index is 12.0. The minimum absolute atomic E-state index is 0.157. The van der Waals surface area contributed by atoms with Crippen molar-refractivity contribution >= 4 is 10.0 Å². The molecule has 0 amide bonds. The number of piperazine rings is 1. The molecule has 2 unspecified atom stereocenters. The summed E-state index contributed by atoms with van der Waals surface area (Å²) in [6, 6.07) is 2.01. The first kappa shape index (κ1) is 12.4. The van der Waals surface area contributed by atoms with Gasteiger partial charge in [0.2, 0.25) is 10.0 Å². The van der Waals surface area contributed by atoms with Crippen LogP contribution in [0.1, 0.15) is 20.3 Å². The second-order valence-corrected chi connectivity index (χ2v) is 5.90. The van der Waals surface area contributed by atoms with Crippen molar-refractivity contribution in [2.45, 2.75) is 31.6 Å². The molecule has 0 aliphatic carbocycles. The second kappa shape index (κ2) is 4.92. The first-order valence-corrected chi connectivity index (χ1v) is 6.64. The van der Waals surface area contributed by atoms with E-state index in [1.54, 1.807) is 6.92 Å². The number of sulfonamides is 1. The fourth-order valence-corrected chi connectivity index (χ4v) is 3.37. The topological polar surface area (TPSA) is 73.2 Å². The predicted molar refractivity (Wildman–Crippen MR) is 57.6 cm³/mol. The van der Waals surface area contributed by atoms with Crippen molar-refractivity contribution < 1.29 is 8.42 Å². The Morgan fingerprint density at radius 1 is 1.67 bits per heavy atom. The van der Waals surface area contributed by atoms with Crippen LogP contribution in [0.4, 0.5) is 0 Å². The highest BCUT2D eigenvalue weighted by Crippen LogP contribution is 2.13. The average Bonchev–Trinajstić information content (AvgIpc) is 2.19. The molecular weight excluding hydrogens is 214 g/mol. The first-order valence-electron chi connectivity index (χ1n) is 5.14. The van der Waals surface area contributed by atoms with Crippen LogP contribution in [0.3, 0.4) is 0 Å². The molecule has 2 atom stereocenters. The van der Waals surface area contributed by atoms with E-state index in [1.165, 1.54) is 4.31 Å². The van der Waals surface area contributed by atoms with Crippen molar-refractivity contribution in [1.29, 1.82) is 5.26 Å². The van der Waals surface area contributed by atoms with Gasteiger partial charge in [0.1, 0.15) is 0 Å². The molecule has 0 aromatic heterocycles. The van der Waals surface area contributed by atoms with Gasteiger partial charge in [-0.2, -0.15) is 9.57 Å². The lowest BCUT2D eigenvalue weighted by Crippen LogP contribution is -2.53. The van der Waals surface area contributed by atoms with Gasteiger partial charge in [0.05, 0.1) is 6.07 Å². The summed E-state index contributed by atoms with van der Waals surface area (Å²) < 4.78 is 25.4. The fraction of sp³-hybridized carbons (Fsp3) is 0.889. The zero-order valence-corrected chi connectivity index (χ0v) is 9.92. The number of hydrogen-bond donors (Lipinski definition) is 1. The van der Waals surface area contributed by atoms with Crippen LogP contribution in [0.25, 0.3) is 0 Å². The highest BCUT2D eigenvalue weighted by molar-refractivity contribution is 7.90. The van der Waals surface area contributed by atoms with E-state index in [-0.39, 0.29) is 6.04 Å². The molecule has 0 aromatic rings. The van der Waals surface area contributed by atoms with Crippen LogP contribution in [0.15, 0.2) is 0 Å². The number of hydrogen-bond acceptors (Lipinski definition) is 4. The largest absolute Gasteiger partial charge is 0.312 e. The molecule has 1 aliphatic rings. The first-order chi connectivity index (χ1) is 7.02. The van der Waals surface area contributed by atoms with E-state index in [2.05, 4.69) is 5.32 Å². The lowest BCUT2D eigenvalue weighted by Gasteiger charge is -2.32. The molecular formula is C9H17N3O2S. The molecule has 0 saturated carbocycles. The van der Waals surface area contributed by atoms with E-state index in [1.807, 2.05) is 13.0 Å². The molecule has 15 heavy (non-hydrogen) atoms. The summed E-state index contributed by atoms with van der Waals surface area (Å²) in [6.07, 6.45) is 0.344. The Morgan fingerprint density at radius 3 is 2.80 bits per heavy atom. The zero-order chi connectivity index (χ0) is 11.5. The van der Waals surface area contributed by atoms with Crippen LogP contribution in [0, 0.1) is 11.3 Å². The van der Waals surface area contributed by atoms with Crippen molar-refractivity contribution in [1.82, 2.24) is 9.62 Å². The summed E-state index contributed by atoms with van der Waals surface area (Å²) in [5.41, 5.74) is 0. The van der Waals surface area contributed by atoms with Crippen molar-refractivity contribution in [3.8, 4) is 6.07 Å². The Bertz CT molecular complexity index is 347. The van der Waals surface area contributed by atoms with Gasteiger partial charge in [-0.25, -0.2) is 8.42 Å². The Hall–Kier alpha value is -0.640. The van der Waals surface area contributed by atoms with E-state index >= 15 is 0 Å². The summed E-state index contributed by atoms with van der Waals surface area (Å²) in [5.74, 6) is 0. The van der Waals surface area contributed by atoms with Gasteiger partial charge in [-0.3, -0.25) is 0 Å². The molecule has 0 spiro atoms. The maximum absolute atomic E-state index is 12.0. The highest BCUT2D eigenvalue weighted by Gasteiger charge is 2.33. The molecule has 1 rings (SSSR count). The van der Waals surface area contributed by atoms with Gasteiger partial charge < -0.3 is 5.32 Å². The number of nitrogens with zero attached hydrogens (tertiary/aromatic N) is 2. The Labute approximate surface area is 91.1 Å². The summed E-state index contributed by atoms with van der Waals surface area (Å²) in [4.78, 5) is 0. The Morgan fingerprint density at radius 2 is 2.33 bits per heavy atom. The predicted octanol–water partition coefficient (Wildman–Crippen LogP) is -0.0879. The van der Waals surface area contributed by atoms with E-state index in [9.17, 15) is 8.42 Å². The van der Waals surface area contributed by atoms with Gasteiger partial charge >= 0.3 is 0 Å². The van der Waals surface area contributed by atoms with Crippen LogP contribution in [-0.2, 0) is 10.0 Å². The van der Waals surface area contributed by atoms with Gasteiger partial charge in [0, 0.05) is 25.7 Å². The third-order valence-electron chi connectivity index (χ3n) is 2.57. The average molecular weight is 231 g/mol. The van der Waals surface area contributed by atoms with Gasteiger partial charge in [0.15, 0.2) is 5.25 Å². The van der Waals surface area contributed by atoms with Crippen molar-refractivity contribution in [3.05, 3.63) is 0 Å². The molecule has 1 fully saturated rings. The zero-order valence-electron chi connectivity index (χ0n) is 9.10. The van der Waals surface area contributed by atoms with Gasteiger partial charge in [-0.05, 0) is 13.3 Å². The molecule has 1 heterocycles. The van der Waals surface area contributed by atoms with Crippen LogP contribution >= 0.6 is 0 Å².